The molecule has 0 spiro atoms. The van der Waals surface area contributed by atoms with Crippen LogP contribution in [0, 0.1) is 3.57 Å². The molecule has 0 aliphatic carbocycles. The first-order valence-electron chi connectivity index (χ1n) is 5.57. The molecule has 2 heterocycles. The molecule has 18 heavy (non-hydrogen) atoms. The third-order valence-electron chi connectivity index (χ3n) is 2.75. The minimum atomic E-state index is 0.427. The number of hydrogen-bond donors (Lipinski definition) is 1. The summed E-state index contributed by atoms with van der Waals surface area (Å²) in [5, 5.41) is 6.53. The van der Waals surface area contributed by atoms with Crippen LogP contribution in [0.15, 0.2) is 42.7 Å². The van der Waals surface area contributed by atoms with Crippen molar-refractivity contribution in [2.45, 2.75) is 6.54 Å². The Kier molecular flexibility index (Phi) is 3.00. The van der Waals surface area contributed by atoms with Crippen molar-refractivity contribution in [2.24, 2.45) is 5.73 Å². The molecule has 5 heteroatoms. The third-order valence-corrected chi connectivity index (χ3v) is 3.31. The molecule has 0 fully saturated rings. The van der Waals surface area contributed by atoms with E-state index in [-0.39, 0.29) is 0 Å². The maximum atomic E-state index is 5.70. The molecule has 90 valence electrons. The second-order valence-corrected chi connectivity index (χ2v) is 5.21. The number of halogens is 1. The molecule has 0 radical (unpaired) electrons. The maximum absolute atomic E-state index is 5.70. The molecule has 2 N–H and O–H groups in total. The summed E-state index contributed by atoms with van der Waals surface area (Å²) < 4.78 is 2.88. The highest BCUT2D eigenvalue weighted by atomic mass is 127. The first-order valence-corrected chi connectivity index (χ1v) is 6.65. The highest BCUT2D eigenvalue weighted by Crippen LogP contribution is 2.21. The van der Waals surface area contributed by atoms with Crippen LogP contribution in [0.25, 0.3) is 16.6 Å². The maximum Gasteiger partial charge on any atom is 0.161 e. The van der Waals surface area contributed by atoms with E-state index in [0.717, 1.165) is 25.9 Å². The van der Waals surface area contributed by atoms with Gasteiger partial charge in [-0.15, -0.1) is 0 Å². The van der Waals surface area contributed by atoms with Gasteiger partial charge in [-0.1, -0.05) is 24.3 Å². The lowest BCUT2D eigenvalue weighted by Crippen LogP contribution is -2.05. The fourth-order valence-electron chi connectivity index (χ4n) is 1.93. The number of nitrogens with two attached hydrogens (primary N) is 1. The minimum Gasteiger partial charge on any atom is -0.325 e. The Morgan fingerprint density at radius 2 is 2.11 bits per heavy atom. The van der Waals surface area contributed by atoms with Gasteiger partial charge in [0.25, 0.3) is 0 Å². The molecular formula is C13H11IN4. The average molecular weight is 350 g/mol. The van der Waals surface area contributed by atoms with Gasteiger partial charge in [0, 0.05) is 18.1 Å². The van der Waals surface area contributed by atoms with Crippen LogP contribution in [-0.4, -0.2) is 14.8 Å². The summed E-state index contributed by atoms with van der Waals surface area (Å²) in [6.45, 7) is 0.427. The second-order valence-electron chi connectivity index (χ2n) is 3.97. The van der Waals surface area contributed by atoms with Gasteiger partial charge < -0.3 is 5.73 Å². The number of pyridine rings is 1. The summed E-state index contributed by atoms with van der Waals surface area (Å²) in [5.74, 6) is 0.830. The summed E-state index contributed by atoms with van der Waals surface area (Å²) in [4.78, 5) is 4.58. The van der Waals surface area contributed by atoms with Crippen molar-refractivity contribution in [3.05, 3.63) is 52.0 Å². The van der Waals surface area contributed by atoms with Crippen LogP contribution >= 0.6 is 22.6 Å². The second kappa shape index (κ2) is 4.66. The van der Waals surface area contributed by atoms with E-state index in [9.17, 15) is 0 Å². The third kappa shape index (κ3) is 1.99. The molecule has 4 nitrogen and oxygen atoms in total. The van der Waals surface area contributed by atoms with Gasteiger partial charge in [0.1, 0.15) is 0 Å². The lowest BCUT2D eigenvalue weighted by molar-refractivity contribution is 0.839. The predicted molar refractivity (Wildman–Crippen MR) is 79.5 cm³/mol. The fraction of sp³-hybridized carbons (Fsp3) is 0.0769. The van der Waals surface area contributed by atoms with E-state index >= 15 is 0 Å². The normalized spacial score (nSPS) is 11.0. The molecule has 0 amide bonds. The van der Waals surface area contributed by atoms with Crippen molar-refractivity contribution in [1.82, 2.24) is 14.8 Å². The molecule has 3 aromatic rings. The van der Waals surface area contributed by atoms with Crippen LogP contribution in [0.1, 0.15) is 5.69 Å². The number of aromatic nitrogens is 3. The fourth-order valence-corrected chi connectivity index (χ4v) is 2.32. The Labute approximate surface area is 118 Å². The number of benzene rings is 1. The van der Waals surface area contributed by atoms with Crippen LogP contribution in [0.5, 0.6) is 0 Å². The van der Waals surface area contributed by atoms with E-state index < -0.39 is 0 Å². The standard InChI is InChI=1S/C13H11IN4/c14-10-7-16-18(8-10)13-12-4-2-1-3-9(12)5-11(6-15)17-13/h1-5,7-8H,6,15H2. The molecular weight excluding hydrogens is 339 g/mol. The number of fused-ring (bicyclic) bond motifs is 1. The zero-order valence-electron chi connectivity index (χ0n) is 9.55. The van der Waals surface area contributed by atoms with E-state index in [1.54, 1.807) is 4.68 Å². The van der Waals surface area contributed by atoms with Gasteiger partial charge in [-0.3, -0.25) is 0 Å². The van der Waals surface area contributed by atoms with Gasteiger partial charge in [-0.2, -0.15) is 5.10 Å². The molecule has 0 aliphatic rings. The van der Waals surface area contributed by atoms with Gasteiger partial charge in [-0.25, -0.2) is 9.67 Å². The molecule has 0 bridgehead atoms. The lowest BCUT2D eigenvalue weighted by Gasteiger charge is -2.08. The van der Waals surface area contributed by atoms with Crippen LogP contribution < -0.4 is 5.73 Å². The molecule has 0 saturated heterocycles. The Hall–Kier alpha value is -1.47. The number of hydrogen-bond acceptors (Lipinski definition) is 3. The topological polar surface area (TPSA) is 56.7 Å². The highest BCUT2D eigenvalue weighted by molar-refractivity contribution is 14.1. The van der Waals surface area contributed by atoms with E-state index in [1.165, 1.54) is 0 Å². The number of nitrogens with zero attached hydrogens (tertiary/aromatic N) is 3. The largest absolute Gasteiger partial charge is 0.325 e. The van der Waals surface area contributed by atoms with Crippen molar-refractivity contribution < 1.29 is 0 Å². The van der Waals surface area contributed by atoms with Crippen molar-refractivity contribution in [3.8, 4) is 5.82 Å². The highest BCUT2D eigenvalue weighted by Gasteiger charge is 2.08. The van der Waals surface area contributed by atoms with Crippen molar-refractivity contribution >= 4 is 33.4 Å². The van der Waals surface area contributed by atoms with Gasteiger partial charge in [0.15, 0.2) is 5.82 Å². The zero-order valence-corrected chi connectivity index (χ0v) is 11.7. The van der Waals surface area contributed by atoms with Crippen LogP contribution in [0.4, 0.5) is 0 Å². The van der Waals surface area contributed by atoms with Crippen molar-refractivity contribution in [2.75, 3.05) is 0 Å². The van der Waals surface area contributed by atoms with Crippen LogP contribution in [0.2, 0.25) is 0 Å². The Morgan fingerprint density at radius 3 is 2.83 bits per heavy atom. The minimum absolute atomic E-state index is 0.427. The van der Waals surface area contributed by atoms with Crippen LogP contribution in [-0.2, 0) is 6.54 Å². The zero-order chi connectivity index (χ0) is 12.5. The van der Waals surface area contributed by atoms with Gasteiger partial charge >= 0.3 is 0 Å². The molecule has 2 aromatic heterocycles. The van der Waals surface area contributed by atoms with Crippen molar-refractivity contribution in [3.63, 3.8) is 0 Å². The molecule has 0 unspecified atom stereocenters. The van der Waals surface area contributed by atoms with Gasteiger partial charge in [0.2, 0.25) is 0 Å². The number of rotatable bonds is 2. The quantitative estimate of drug-likeness (QED) is 0.723. The van der Waals surface area contributed by atoms with Gasteiger partial charge in [-0.05, 0) is 34.0 Å². The predicted octanol–water partition coefficient (Wildman–Crippen LogP) is 2.48. The average Bonchev–Trinajstić information content (AvgIpc) is 2.84. The first-order chi connectivity index (χ1) is 8.78. The van der Waals surface area contributed by atoms with E-state index in [4.69, 9.17) is 5.73 Å². The van der Waals surface area contributed by atoms with E-state index in [0.29, 0.717) is 6.54 Å². The Morgan fingerprint density at radius 1 is 1.28 bits per heavy atom. The molecule has 0 saturated carbocycles. The summed E-state index contributed by atoms with van der Waals surface area (Å²) in [7, 11) is 0. The Balaban J connectivity index is 2.32. The SMILES string of the molecule is NCc1cc2ccccc2c(-n2cc(I)cn2)n1. The van der Waals surface area contributed by atoms with E-state index in [2.05, 4.69) is 38.7 Å². The monoisotopic (exact) mass is 350 g/mol. The van der Waals surface area contributed by atoms with E-state index in [1.807, 2.05) is 36.7 Å². The molecule has 1 aromatic carbocycles. The molecule has 3 rings (SSSR count). The summed E-state index contributed by atoms with van der Waals surface area (Å²) in [6, 6.07) is 10.2. The van der Waals surface area contributed by atoms with Crippen molar-refractivity contribution in [1.29, 1.82) is 0 Å². The Bertz CT molecular complexity index is 705. The smallest absolute Gasteiger partial charge is 0.161 e. The molecule has 0 atom stereocenters. The van der Waals surface area contributed by atoms with Gasteiger partial charge in [0.05, 0.1) is 15.5 Å². The lowest BCUT2D eigenvalue weighted by atomic mass is 10.1. The summed E-state index contributed by atoms with van der Waals surface area (Å²) in [5.41, 5.74) is 6.57. The first kappa shape index (κ1) is 11.6. The molecule has 0 aliphatic heterocycles. The summed E-state index contributed by atoms with van der Waals surface area (Å²) in [6.07, 6.45) is 3.77. The summed E-state index contributed by atoms with van der Waals surface area (Å²) >= 11 is 2.23. The van der Waals surface area contributed by atoms with Crippen LogP contribution in [0.3, 0.4) is 0 Å².